The van der Waals surface area contributed by atoms with Crippen molar-refractivity contribution in [2.24, 2.45) is 5.41 Å². The first-order valence-electron chi connectivity index (χ1n) is 7.90. The minimum atomic E-state index is 0.144. The lowest BCUT2D eigenvalue weighted by Gasteiger charge is -2.52. The van der Waals surface area contributed by atoms with E-state index in [9.17, 15) is 4.79 Å². The molecule has 1 N–H and O–H groups in total. The fourth-order valence-corrected chi connectivity index (χ4v) is 3.66. The highest BCUT2D eigenvalue weighted by Crippen LogP contribution is 2.48. The number of ether oxygens (including phenoxy) is 1. The van der Waals surface area contributed by atoms with Crippen LogP contribution >= 0.6 is 0 Å². The topological polar surface area (TPSA) is 64.4 Å². The van der Waals surface area contributed by atoms with E-state index in [0.29, 0.717) is 24.3 Å². The Morgan fingerprint density at radius 2 is 2.10 bits per heavy atom. The van der Waals surface area contributed by atoms with Gasteiger partial charge >= 0.3 is 0 Å². The normalized spacial score (nSPS) is 23.8. The summed E-state index contributed by atoms with van der Waals surface area (Å²) in [5, 5.41) is 7.16. The third-order valence-corrected chi connectivity index (χ3v) is 5.28. The SMILES string of the molecule is Cc1noc(C)c1CCC(=O)NC1CCC12CCOCC2. The van der Waals surface area contributed by atoms with Crippen LogP contribution in [-0.2, 0) is 16.0 Å². The Morgan fingerprint density at radius 1 is 1.33 bits per heavy atom. The van der Waals surface area contributed by atoms with Gasteiger partial charge in [-0.15, -0.1) is 0 Å². The standard InChI is InChI=1S/C16H24N2O3/c1-11-13(12(2)21-18-11)3-4-15(19)17-14-5-6-16(14)7-9-20-10-8-16/h14H,3-10H2,1-2H3,(H,17,19). The average molecular weight is 292 g/mol. The van der Waals surface area contributed by atoms with Gasteiger partial charge in [0, 0.05) is 31.2 Å². The predicted octanol–water partition coefficient (Wildman–Crippen LogP) is 2.30. The molecule has 0 aromatic carbocycles. The Balaban J connectivity index is 1.50. The summed E-state index contributed by atoms with van der Waals surface area (Å²) < 4.78 is 10.6. The third-order valence-electron chi connectivity index (χ3n) is 5.28. The third kappa shape index (κ3) is 2.84. The summed E-state index contributed by atoms with van der Waals surface area (Å²) in [4.78, 5) is 12.2. The molecule has 21 heavy (non-hydrogen) atoms. The van der Waals surface area contributed by atoms with Crippen LogP contribution in [0.25, 0.3) is 0 Å². The van der Waals surface area contributed by atoms with Crippen molar-refractivity contribution >= 4 is 5.91 Å². The molecular formula is C16H24N2O3. The number of nitrogens with zero attached hydrogens (tertiary/aromatic N) is 1. The van der Waals surface area contributed by atoms with Gasteiger partial charge in [-0.2, -0.15) is 0 Å². The van der Waals surface area contributed by atoms with Crippen molar-refractivity contribution in [1.82, 2.24) is 10.5 Å². The smallest absolute Gasteiger partial charge is 0.220 e. The first-order chi connectivity index (χ1) is 10.1. The molecule has 1 saturated heterocycles. The molecular weight excluding hydrogens is 268 g/mol. The van der Waals surface area contributed by atoms with Crippen LogP contribution in [0.5, 0.6) is 0 Å². The summed E-state index contributed by atoms with van der Waals surface area (Å²) >= 11 is 0. The van der Waals surface area contributed by atoms with E-state index in [1.807, 2.05) is 13.8 Å². The molecule has 116 valence electrons. The first kappa shape index (κ1) is 14.6. The lowest BCUT2D eigenvalue weighted by atomic mass is 9.60. The van der Waals surface area contributed by atoms with E-state index in [1.54, 1.807) is 0 Å². The second-order valence-electron chi connectivity index (χ2n) is 6.44. The molecule has 1 aliphatic carbocycles. The summed E-state index contributed by atoms with van der Waals surface area (Å²) in [6, 6.07) is 0.346. The molecule has 1 aliphatic heterocycles. The molecule has 1 aromatic rings. The molecule has 2 aliphatic rings. The molecule has 1 atom stereocenters. The van der Waals surface area contributed by atoms with Crippen LogP contribution in [0.15, 0.2) is 4.52 Å². The molecule has 3 rings (SSSR count). The van der Waals surface area contributed by atoms with Gasteiger partial charge in [0.25, 0.3) is 0 Å². The van der Waals surface area contributed by atoms with Crippen LogP contribution in [-0.4, -0.2) is 30.3 Å². The van der Waals surface area contributed by atoms with Crippen molar-refractivity contribution in [2.75, 3.05) is 13.2 Å². The van der Waals surface area contributed by atoms with E-state index in [0.717, 1.165) is 49.5 Å². The zero-order valence-corrected chi connectivity index (χ0v) is 12.9. The van der Waals surface area contributed by atoms with E-state index >= 15 is 0 Å². The van der Waals surface area contributed by atoms with Crippen molar-refractivity contribution < 1.29 is 14.1 Å². The van der Waals surface area contributed by atoms with Crippen LogP contribution in [0.1, 0.15) is 49.1 Å². The molecule has 0 bridgehead atoms. The lowest BCUT2D eigenvalue weighted by molar-refractivity contribution is -0.127. The van der Waals surface area contributed by atoms with Crippen LogP contribution in [0.4, 0.5) is 0 Å². The number of nitrogens with one attached hydrogen (secondary N) is 1. The summed E-state index contributed by atoms with van der Waals surface area (Å²) in [5.74, 6) is 0.968. The zero-order valence-electron chi connectivity index (χ0n) is 12.9. The molecule has 1 amide bonds. The summed E-state index contributed by atoms with van der Waals surface area (Å²) in [7, 11) is 0. The molecule has 1 spiro atoms. The Labute approximate surface area is 125 Å². The number of carbonyl (C=O) groups excluding carboxylic acids is 1. The molecule has 5 nitrogen and oxygen atoms in total. The van der Waals surface area contributed by atoms with Crippen molar-refractivity contribution in [3.63, 3.8) is 0 Å². The second kappa shape index (κ2) is 5.79. The van der Waals surface area contributed by atoms with Gasteiger partial charge in [-0.05, 0) is 51.4 Å². The number of aryl methyl sites for hydroxylation is 2. The van der Waals surface area contributed by atoms with Gasteiger partial charge in [0.15, 0.2) is 0 Å². The number of hydrogen-bond donors (Lipinski definition) is 1. The lowest BCUT2D eigenvalue weighted by Crippen LogP contribution is -2.57. The molecule has 5 heteroatoms. The van der Waals surface area contributed by atoms with Crippen molar-refractivity contribution in [2.45, 2.75) is 58.4 Å². The Hall–Kier alpha value is -1.36. The quantitative estimate of drug-likeness (QED) is 0.925. The largest absolute Gasteiger partial charge is 0.381 e. The van der Waals surface area contributed by atoms with E-state index in [-0.39, 0.29) is 5.91 Å². The van der Waals surface area contributed by atoms with Gasteiger partial charge in [0.2, 0.25) is 5.91 Å². The van der Waals surface area contributed by atoms with Crippen LogP contribution in [0.2, 0.25) is 0 Å². The van der Waals surface area contributed by atoms with Gasteiger partial charge in [-0.1, -0.05) is 5.16 Å². The molecule has 2 fully saturated rings. The second-order valence-corrected chi connectivity index (χ2v) is 6.44. The highest BCUT2D eigenvalue weighted by atomic mass is 16.5. The van der Waals surface area contributed by atoms with Gasteiger partial charge in [-0.25, -0.2) is 0 Å². The van der Waals surface area contributed by atoms with Gasteiger partial charge in [0.05, 0.1) is 5.69 Å². The maximum Gasteiger partial charge on any atom is 0.220 e. The van der Waals surface area contributed by atoms with Crippen molar-refractivity contribution in [3.05, 3.63) is 17.0 Å². The van der Waals surface area contributed by atoms with Gasteiger partial charge in [0.1, 0.15) is 5.76 Å². The van der Waals surface area contributed by atoms with Gasteiger partial charge in [-0.3, -0.25) is 4.79 Å². The van der Waals surface area contributed by atoms with Crippen LogP contribution in [0, 0.1) is 19.3 Å². The first-order valence-corrected chi connectivity index (χ1v) is 7.90. The van der Waals surface area contributed by atoms with E-state index < -0.39 is 0 Å². The zero-order chi connectivity index (χ0) is 14.9. The summed E-state index contributed by atoms with van der Waals surface area (Å²) in [6.45, 7) is 5.50. The number of carbonyl (C=O) groups is 1. The predicted molar refractivity (Wildman–Crippen MR) is 77.9 cm³/mol. The number of amides is 1. The fraction of sp³-hybridized carbons (Fsp3) is 0.750. The molecule has 1 aromatic heterocycles. The van der Waals surface area contributed by atoms with Crippen molar-refractivity contribution in [1.29, 1.82) is 0 Å². The Kier molecular flexibility index (Phi) is 4.02. The highest BCUT2D eigenvalue weighted by Gasteiger charge is 2.47. The molecule has 0 radical (unpaired) electrons. The minimum Gasteiger partial charge on any atom is -0.381 e. The van der Waals surface area contributed by atoms with E-state index in [2.05, 4.69) is 10.5 Å². The summed E-state index contributed by atoms with van der Waals surface area (Å²) in [6.07, 6.45) is 5.72. The van der Waals surface area contributed by atoms with Crippen LogP contribution < -0.4 is 5.32 Å². The Morgan fingerprint density at radius 3 is 2.67 bits per heavy atom. The number of aromatic nitrogens is 1. The van der Waals surface area contributed by atoms with E-state index in [1.165, 1.54) is 6.42 Å². The van der Waals surface area contributed by atoms with Gasteiger partial charge < -0.3 is 14.6 Å². The minimum absolute atomic E-state index is 0.144. The monoisotopic (exact) mass is 292 g/mol. The molecule has 2 heterocycles. The van der Waals surface area contributed by atoms with E-state index in [4.69, 9.17) is 9.26 Å². The average Bonchev–Trinajstić information content (AvgIpc) is 2.81. The number of hydrogen-bond acceptors (Lipinski definition) is 4. The maximum absolute atomic E-state index is 12.2. The molecule has 1 saturated carbocycles. The highest BCUT2D eigenvalue weighted by molar-refractivity contribution is 5.76. The number of rotatable bonds is 4. The molecule has 1 unspecified atom stereocenters. The maximum atomic E-state index is 12.2. The summed E-state index contributed by atoms with van der Waals surface area (Å²) in [5.41, 5.74) is 2.28. The Bertz CT molecular complexity index is 498. The van der Waals surface area contributed by atoms with Crippen LogP contribution in [0.3, 0.4) is 0 Å². The fourth-order valence-electron chi connectivity index (χ4n) is 3.66. The van der Waals surface area contributed by atoms with Crippen molar-refractivity contribution in [3.8, 4) is 0 Å².